The van der Waals surface area contributed by atoms with Crippen molar-refractivity contribution in [2.24, 2.45) is 0 Å². The third-order valence-corrected chi connectivity index (χ3v) is 4.02. The van der Waals surface area contributed by atoms with E-state index in [9.17, 15) is 0 Å². The first kappa shape index (κ1) is 10.4. The summed E-state index contributed by atoms with van der Waals surface area (Å²) in [6.07, 6.45) is 8.48. The minimum Gasteiger partial charge on any atom is -0.311 e. The summed E-state index contributed by atoms with van der Waals surface area (Å²) in [6, 6.07) is 4.83. The average Bonchev–Trinajstić information content (AvgIpc) is 2.63. The molecule has 3 heteroatoms. The van der Waals surface area contributed by atoms with E-state index < -0.39 is 0 Å². The van der Waals surface area contributed by atoms with Crippen LogP contribution in [0, 0.1) is 0 Å². The number of hydrogen-bond donors (Lipinski definition) is 1. The van der Waals surface area contributed by atoms with Crippen LogP contribution < -0.4 is 5.32 Å². The molecule has 1 aromatic heterocycles. The van der Waals surface area contributed by atoms with Crippen molar-refractivity contribution in [3.63, 3.8) is 0 Å². The van der Waals surface area contributed by atoms with Gasteiger partial charge in [0.05, 0.1) is 3.79 Å². The van der Waals surface area contributed by atoms with Gasteiger partial charge in [-0.25, -0.2) is 0 Å². The summed E-state index contributed by atoms with van der Waals surface area (Å²) in [5.41, 5.74) is 0. The fraction of sp³-hybridized carbons (Fsp3) is 0.455. The lowest BCUT2D eigenvalue weighted by molar-refractivity contribution is 0.455. The Balaban J connectivity index is 1.92. The van der Waals surface area contributed by atoms with Crippen molar-refractivity contribution in [1.82, 2.24) is 5.32 Å². The topological polar surface area (TPSA) is 12.0 Å². The van der Waals surface area contributed by atoms with Crippen molar-refractivity contribution >= 4 is 33.3 Å². The van der Waals surface area contributed by atoms with Gasteiger partial charge in [0.1, 0.15) is 0 Å². The Kier molecular flexibility index (Phi) is 3.79. The van der Waals surface area contributed by atoms with Gasteiger partial charge in [-0.05, 0) is 53.5 Å². The van der Waals surface area contributed by atoms with Gasteiger partial charge < -0.3 is 5.32 Å². The van der Waals surface area contributed by atoms with E-state index in [1.165, 1.54) is 34.5 Å². The standard InChI is InChI=1S/C11H14BrNS/c12-11-7-6-10(14-11)5-4-9-3-1-2-8-13-9/h4-7,9,13H,1-3,8H2/b5-4+. The first-order chi connectivity index (χ1) is 6.84. The first-order valence-corrected chi connectivity index (χ1v) is 6.62. The Morgan fingerprint density at radius 1 is 1.43 bits per heavy atom. The normalized spacial score (nSPS) is 23.1. The Labute approximate surface area is 97.3 Å². The minimum atomic E-state index is 0.588. The summed E-state index contributed by atoms with van der Waals surface area (Å²) >= 11 is 5.25. The molecule has 0 spiro atoms. The molecule has 1 atom stereocenters. The Bertz CT molecular complexity index is 313. The van der Waals surface area contributed by atoms with Crippen molar-refractivity contribution < 1.29 is 0 Å². The summed E-state index contributed by atoms with van der Waals surface area (Å²) in [4.78, 5) is 1.32. The Morgan fingerprint density at radius 2 is 2.36 bits per heavy atom. The first-order valence-electron chi connectivity index (χ1n) is 5.01. The molecule has 76 valence electrons. The molecule has 1 saturated heterocycles. The highest BCUT2D eigenvalue weighted by molar-refractivity contribution is 9.11. The average molecular weight is 272 g/mol. The molecule has 2 rings (SSSR count). The van der Waals surface area contributed by atoms with E-state index in [0.717, 1.165) is 0 Å². The maximum absolute atomic E-state index is 3.50. The zero-order chi connectivity index (χ0) is 9.80. The summed E-state index contributed by atoms with van der Waals surface area (Å²) in [5.74, 6) is 0. The molecule has 1 aliphatic rings. The zero-order valence-electron chi connectivity index (χ0n) is 8.00. The molecule has 1 fully saturated rings. The van der Waals surface area contributed by atoms with Crippen molar-refractivity contribution in [3.05, 3.63) is 26.9 Å². The van der Waals surface area contributed by atoms with E-state index in [1.54, 1.807) is 11.3 Å². The van der Waals surface area contributed by atoms with Crippen molar-refractivity contribution in [2.45, 2.75) is 25.3 Å². The molecule has 0 bridgehead atoms. The van der Waals surface area contributed by atoms with Crippen LogP contribution >= 0.6 is 27.3 Å². The SMILES string of the molecule is Brc1ccc(/C=C/C2CCCCN2)s1. The highest BCUT2D eigenvalue weighted by Gasteiger charge is 2.08. The second kappa shape index (κ2) is 5.10. The fourth-order valence-corrected chi connectivity index (χ4v) is 3.01. The molecule has 14 heavy (non-hydrogen) atoms. The lowest BCUT2D eigenvalue weighted by Crippen LogP contribution is -2.31. The molecular formula is C11H14BrNS. The van der Waals surface area contributed by atoms with Crippen LogP contribution in [0.3, 0.4) is 0 Å². The number of rotatable bonds is 2. The van der Waals surface area contributed by atoms with Crippen LogP contribution in [-0.2, 0) is 0 Å². The monoisotopic (exact) mass is 271 g/mol. The van der Waals surface area contributed by atoms with E-state index in [-0.39, 0.29) is 0 Å². The molecule has 1 unspecified atom stereocenters. The summed E-state index contributed by atoms with van der Waals surface area (Å²) in [7, 11) is 0. The number of hydrogen-bond acceptors (Lipinski definition) is 2. The molecule has 1 aromatic rings. The predicted molar refractivity (Wildman–Crippen MR) is 66.7 cm³/mol. The Hall–Kier alpha value is -0.120. The lowest BCUT2D eigenvalue weighted by Gasteiger charge is -2.19. The summed E-state index contributed by atoms with van der Waals surface area (Å²) < 4.78 is 1.20. The highest BCUT2D eigenvalue weighted by Crippen LogP contribution is 2.23. The largest absolute Gasteiger partial charge is 0.311 e. The second-order valence-corrected chi connectivity index (χ2v) is 6.05. The summed E-state index contributed by atoms with van der Waals surface area (Å²) in [5, 5.41) is 3.50. The molecule has 0 saturated carbocycles. The number of thiophene rings is 1. The number of nitrogens with one attached hydrogen (secondary N) is 1. The van der Waals surface area contributed by atoms with Crippen LogP contribution in [0.25, 0.3) is 6.08 Å². The molecule has 1 aliphatic heterocycles. The van der Waals surface area contributed by atoms with Crippen molar-refractivity contribution in [2.75, 3.05) is 6.54 Å². The van der Waals surface area contributed by atoms with Gasteiger partial charge in [0, 0.05) is 10.9 Å². The van der Waals surface area contributed by atoms with Crippen LogP contribution in [0.5, 0.6) is 0 Å². The number of piperidine rings is 1. The molecule has 0 amide bonds. The third-order valence-electron chi connectivity index (χ3n) is 2.44. The molecule has 0 aliphatic carbocycles. The molecule has 1 nitrogen and oxygen atoms in total. The van der Waals surface area contributed by atoms with Gasteiger partial charge in [-0.1, -0.05) is 12.5 Å². The quantitative estimate of drug-likeness (QED) is 0.866. The maximum atomic E-state index is 3.50. The van der Waals surface area contributed by atoms with Crippen LogP contribution in [0.15, 0.2) is 22.0 Å². The van der Waals surface area contributed by atoms with E-state index in [2.05, 4.69) is 45.5 Å². The van der Waals surface area contributed by atoms with Gasteiger partial charge in [0.15, 0.2) is 0 Å². The molecule has 0 aromatic carbocycles. The van der Waals surface area contributed by atoms with Gasteiger partial charge in [-0.3, -0.25) is 0 Å². The van der Waals surface area contributed by atoms with Gasteiger partial charge in [0.25, 0.3) is 0 Å². The van der Waals surface area contributed by atoms with Gasteiger partial charge in [-0.2, -0.15) is 0 Å². The van der Waals surface area contributed by atoms with E-state index in [4.69, 9.17) is 0 Å². The molecule has 2 heterocycles. The van der Waals surface area contributed by atoms with Crippen molar-refractivity contribution in [3.8, 4) is 0 Å². The minimum absolute atomic E-state index is 0.588. The van der Waals surface area contributed by atoms with Gasteiger partial charge >= 0.3 is 0 Å². The highest BCUT2D eigenvalue weighted by atomic mass is 79.9. The fourth-order valence-electron chi connectivity index (χ4n) is 1.67. The second-order valence-electron chi connectivity index (χ2n) is 3.56. The Morgan fingerprint density at radius 3 is 3.00 bits per heavy atom. The predicted octanol–water partition coefficient (Wildman–Crippen LogP) is 3.67. The van der Waals surface area contributed by atoms with Gasteiger partial charge in [-0.15, -0.1) is 11.3 Å². The third kappa shape index (κ3) is 2.94. The van der Waals surface area contributed by atoms with E-state index in [1.807, 2.05) is 0 Å². The number of halogens is 1. The van der Waals surface area contributed by atoms with E-state index >= 15 is 0 Å². The van der Waals surface area contributed by atoms with E-state index in [0.29, 0.717) is 6.04 Å². The molecular weight excluding hydrogens is 258 g/mol. The maximum Gasteiger partial charge on any atom is 0.0704 e. The van der Waals surface area contributed by atoms with Crippen LogP contribution in [0.2, 0.25) is 0 Å². The zero-order valence-corrected chi connectivity index (χ0v) is 10.4. The summed E-state index contributed by atoms with van der Waals surface area (Å²) in [6.45, 7) is 1.17. The van der Waals surface area contributed by atoms with Crippen LogP contribution in [-0.4, -0.2) is 12.6 Å². The van der Waals surface area contributed by atoms with Gasteiger partial charge in [0.2, 0.25) is 0 Å². The molecule has 0 radical (unpaired) electrons. The van der Waals surface area contributed by atoms with Crippen LogP contribution in [0.4, 0.5) is 0 Å². The van der Waals surface area contributed by atoms with Crippen LogP contribution in [0.1, 0.15) is 24.1 Å². The van der Waals surface area contributed by atoms with Crippen molar-refractivity contribution in [1.29, 1.82) is 0 Å². The molecule has 1 N–H and O–H groups in total. The smallest absolute Gasteiger partial charge is 0.0704 e. The lowest BCUT2D eigenvalue weighted by atomic mass is 10.0.